The summed E-state index contributed by atoms with van der Waals surface area (Å²) in [6.45, 7) is 2.40. The topological polar surface area (TPSA) is 86.8 Å². The number of Topliss-reactive ketones (excluding diaryl/α,β-unsaturated/α-hetero) is 1. The fourth-order valence-corrected chi connectivity index (χ4v) is 6.76. The molecule has 1 unspecified atom stereocenters. The Morgan fingerprint density at radius 2 is 1.77 bits per heavy atom. The Kier molecular flexibility index (Phi) is 6.00. The van der Waals surface area contributed by atoms with Gasteiger partial charge in [-0.15, -0.1) is 11.3 Å². The molecule has 3 heterocycles. The highest BCUT2D eigenvalue weighted by Crippen LogP contribution is 2.34. The van der Waals surface area contributed by atoms with Gasteiger partial charge in [-0.25, -0.2) is 8.42 Å². The molecule has 2 aliphatic rings. The van der Waals surface area contributed by atoms with E-state index in [9.17, 15) is 18.0 Å². The van der Waals surface area contributed by atoms with E-state index < -0.39 is 16.1 Å². The van der Waals surface area contributed by atoms with Crippen LogP contribution in [0.25, 0.3) is 0 Å². The number of benzene rings is 1. The number of sulfonamides is 1. The first-order valence-corrected chi connectivity index (χ1v) is 12.5. The van der Waals surface area contributed by atoms with E-state index in [1.54, 1.807) is 17.5 Å². The van der Waals surface area contributed by atoms with Crippen molar-refractivity contribution in [1.29, 1.82) is 0 Å². The van der Waals surface area contributed by atoms with Crippen molar-refractivity contribution in [3.63, 3.8) is 0 Å². The molecule has 0 spiro atoms. The highest BCUT2D eigenvalue weighted by molar-refractivity contribution is 7.91. The minimum Gasteiger partial charge on any atom is -0.362 e. The lowest BCUT2D eigenvalue weighted by Crippen LogP contribution is -2.43. The monoisotopic (exact) mass is 459 g/mol. The molecule has 31 heavy (non-hydrogen) atoms. The van der Waals surface area contributed by atoms with Crippen LogP contribution in [0.3, 0.4) is 0 Å². The van der Waals surface area contributed by atoms with Crippen LogP contribution in [-0.4, -0.2) is 49.5 Å². The van der Waals surface area contributed by atoms with Crippen molar-refractivity contribution in [3.8, 4) is 0 Å². The van der Waals surface area contributed by atoms with Crippen LogP contribution < -0.4 is 5.32 Å². The van der Waals surface area contributed by atoms with Gasteiger partial charge in [0.2, 0.25) is 11.7 Å². The average molecular weight is 460 g/mol. The number of nitrogens with one attached hydrogen (secondary N) is 1. The van der Waals surface area contributed by atoms with Crippen molar-refractivity contribution in [1.82, 2.24) is 14.5 Å². The maximum absolute atomic E-state index is 13.1. The Balaban J connectivity index is 1.41. The molecule has 164 valence electrons. The molecule has 1 aromatic carbocycles. The van der Waals surface area contributed by atoms with Crippen molar-refractivity contribution in [2.24, 2.45) is 5.92 Å². The molecule has 0 bridgehead atoms. The summed E-state index contributed by atoms with van der Waals surface area (Å²) in [5, 5.41) is 4.58. The van der Waals surface area contributed by atoms with Crippen LogP contribution in [-0.2, 0) is 19.6 Å². The average Bonchev–Trinajstić information content (AvgIpc) is 3.39. The van der Waals surface area contributed by atoms with Crippen molar-refractivity contribution in [2.45, 2.75) is 30.0 Å². The summed E-state index contributed by atoms with van der Waals surface area (Å²) >= 11 is 1.19. The molecule has 4 rings (SSSR count). The van der Waals surface area contributed by atoms with Gasteiger partial charge in [-0.2, -0.15) is 4.31 Å². The molecule has 1 amide bonds. The number of carbonyl (C=O) groups is 2. The van der Waals surface area contributed by atoms with Gasteiger partial charge in [-0.1, -0.05) is 36.4 Å². The van der Waals surface area contributed by atoms with Crippen LogP contribution in [0.5, 0.6) is 0 Å². The van der Waals surface area contributed by atoms with Gasteiger partial charge in [0.1, 0.15) is 15.9 Å². The molecule has 2 aliphatic heterocycles. The molecule has 1 N–H and O–H groups in total. The quantitative estimate of drug-likeness (QED) is 0.743. The molecule has 0 radical (unpaired) electrons. The number of carbonyl (C=O) groups excluding carboxylic acids is 2. The molecule has 0 aliphatic carbocycles. The van der Waals surface area contributed by atoms with Crippen molar-refractivity contribution in [3.05, 3.63) is 64.8 Å². The summed E-state index contributed by atoms with van der Waals surface area (Å²) in [7, 11) is -1.66. The van der Waals surface area contributed by atoms with Crippen molar-refractivity contribution in [2.75, 3.05) is 20.1 Å². The number of allylic oxidation sites excluding steroid dienone is 1. The van der Waals surface area contributed by atoms with Gasteiger partial charge >= 0.3 is 0 Å². The number of hydrogen-bond acceptors (Lipinski definition) is 6. The van der Waals surface area contributed by atoms with E-state index in [4.69, 9.17) is 0 Å². The van der Waals surface area contributed by atoms with Gasteiger partial charge in [-0.3, -0.25) is 9.59 Å². The number of thiophene rings is 1. The third-order valence-electron chi connectivity index (χ3n) is 6.05. The van der Waals surface area contributed by atoms with Crippen molar-refractivity contribution >= 4 is 33.1 Å². The van der Waals surface area contributed by atoms with Crippen LogP contribution in [0.1, 0.15) is 31.4 Å². The summed E-state index contributed by atoms with van der Waals surface area (Å²) in [4.78, 5) is 27.8. The number of amides is 1. The molecule has 1 fully saturated rings. The van der Waals surface area contributed by atoms with E-state index >= 15 is 0 Å². The fraction of sp³-hybridized carbons (Fsp3) is 0.364. The largest absolute Gasteiger partial charge is 0.362 e. The lowest BCUT2D eigenvalue weighted by atomic mass is 9.96. The molecule has 7 nitrogen and oxygen atoms in total. The minimum absolute atomic E-state index is 0.128. The molecule has 1 atom stereocenters. The predicted molar refractivity (Wildman–Crippen MR) is 119 cm³/mol. The first kappa shape index (κ1) is 21.7. The molecule has 1 aromatic heterocycles. The maximum Gasteiger partial charge on any atom is 0.252 e. The van der Waals surface area contributed by atoms with Crippen LogP contribution in [0.15, 0.2) is 63.4 Å². The second-order valence-corrected chi connectivity index (χ2v) is 11.0. The molecule has 1 saturated heterocycles. The van der Waals surface area contributed by atoms with Crippen LogP contribution in [0.2, 0.25) is 0 Å². The van der Waals surface area contributed by atoms with E-state index in [0.29, 0.717) is 22.7 Å². The summed E-state index contributed by atoms with van der Waals surface area (Å²) in [5.74, 6) is -0.681. The second kappa shape index (κ2) is 8.57. The van der Waals surface area contributed by atoms with E-state index in [1.165, 1.54) is 15.6 Å². The lowest BCUT2D eigenvalue weighted by Gasteiger charge is -2.30. The normalized spacial score (nSPS) is 21.0. The van der Waals surface area contributed by atoms with Gasteiger partial charge in [0.15, 0.2) is 0 Å². The summed E-state index contributed by atoms with van der Waals surface area (Å²) in [6.07, 6.45) is 0.851. The molecule has 9 heteroatoms. The smallest absolute Gasteiger partial charge is 0.252 e. The van der Waals surface area contributed by atoms with Gasteiger partial charge < -0.3 is 10.2 Å². The minimum atomic E-state index is -3.50. The molecule has 2 aromatic rings. The Bertz CT molecular complexity index is 1100. The van der Waals surface area contributed by atoms with Crippen LogP contribution >= 0.6 is 11.3 Å². The van der Waals surface area contributed by atoms with Gasteiger partial charge in [-0.05, 0) is 36.8 Å². The number of ketones is 1. The molecular weight excluding hydrogens is 434 g/mol. The van der Waals surface area contributed by atoms with Crippen LogP contribution in [0.4, 0.5) is 0 Å². The Morgan fingerprint density at radius 3 is 2.39 bits per heavy atom. The van der Waals surface area contributed by atoms with Gasteiger partial charge in [0, 0.05) is 31.8 Å². The van der Waals surface area contributed by atoms with Crippen LogP contribution in [0, 0.1) is 5.92 Å². The van der Waals surface area contributed by atoms with Gasteiger partial charge in [0.05, 0.1) is 0 Å². The number of piperidine rings is 1. The van der Waals surface area contributed by atoms with Gasteiger partial charge in [0.25, 0.3) is 10.0 Å². The summed E-state index contributed by atoms with van der Waals surface area (Å²) in [6, 6.07) is 12.3. The van der Waals surface area contributed by atoms with E-state index in [-0.39, 0.29) is 30.7 Å². The molecular formula is C22H25N3O4S2. The third-order valence-corrected chi connectivity index (χ3v) is 9.32. The summed E-state index contributed by atoms with van der Waals surface area (Å²) in [5.41, 5.74) is 1.94. The zero-order valence-electron chi connectivity index (χ0n) is 17.4. The Morgan fingerprint density at radius 1 is 1.10 bits per heavy atom. The number of rotatable bonds is 5. The maximum atomic E-state index is 13.1. The van der Waals surface area contributed by atoms with E-state index in [2.05, 4.69) is 5.32 Å². The zero-order valence-corrected chi connectivity index (χ0v) is 19.1. The fourth-order valence-electron chi connectivity index (χ4n) is 4.14. The highest BCUT2D eigenvalue weighted by atomic mass is 32.2. The first-order valence-electron chi connectivity index (χ1n) is 10.2. The highest BCUT2D eigenvalue weighted by Gasteiger charge is 2.39. The second-order valence-electron chi connectivity index (χ2n) is 7.85. The number of likely N-dealkylation sites (N-methyl/N-ethyl adjacent to an activating group) is 1. The third kappa shape index (κ3) is 4.05. The SMILES string of the molecule is CC1=C(NC(=O)C2CCN(S(=O)(=O)c3cccs3)CC2)C(=O)C(c2ccccc2)N1C. The predicted octanol–water partition coefficient (Wildman–Crippen LogP) is 2.75. The van der Waals surface area contributed by atoms with Crippen molar-refractivity contribution < 1.29 is 18.0 Å². The Labute approximate surface area is 186 Å². The Hall–Kier alpha value is -2.49. The zero-order chi connectivity index (χ0) is 22.2. The number of nitrogens with zero attached hydrogens (tertiary/aromatic N) is 2. The van der Waals surface area contributed by atoms with E-state index in [1.807, 2.05) is 49.2 Å². The first-order chi connectivity index (χ1) is 14.8. The summed E-state index contributed by atoms with van der Waals surface area (Å²) < 4.78 is 27.1. The van der Waals surface area contributed by atoms with E-state index in [0.717, 1.165) is 11.3 Å². The molecule has 0 saturated carbocycles. The standard InChI is InChI=1S/C22H25N3O4S2/c1-15-19(21(26)20(24(15)2)16-7-4-3-5-8-16)23-22(27)17-10-12-25(13-11-17)31(28,29)18-9-6-14-30-18/h3-9,14,17,20H,10-13H2,1-2H3,(H,23,27). The number of hydrogen-bond donors (Lipinski definition) is 1. The lowest BCUT2D eigenvalue weighted by molar-refractivity contribution is -0.127.